The summed E-state index contributed by atoms with van der Waals surface area (Å²) in [5.74, 6) is 0.864. The fraction of sp³-hybridized carbons (Fsp3) is 0.520. The first kappa shape index (κ1) is 22.8. The molecule has 0 amide bonds. The summed E-state index contributed by atoms with van der Waals surface area (Å²) in [7, 11) is -1.82. The van der Waals surface area contributed by atoms with Crippen LogP contribution in [0.5, 0.6) is 5.75 Å². The van der Waals surface area contributed by atoms with Gasteiger partial charge in [0, 0.05) is 5.54 Å². The van der Waals surface area contributed by atoms with Crippen LogP contribution < -0.4 is 10.1 Å². The van der Waals surface area contributed by atoms with Gasteiger partial charge in [-0.3, -0.25) is 5.32 Å². The minimum Gasteiger partial charge on any atom is -0.496 e. The molecule has 1 aliphatic rings. The topological polar surface area (TPSA) is 55.4 Å². The monoisotopic (exact) mass is 429 g/mol. The number of fused-ring (bicyclic) bond motifs is 1. The van der Waals surface area contributed by atoms with Crippen LogP contribution in [0, 0.1) is 6.92 Å². The lowest BCUT2D eigenvalue weighted by Gasteiger charge is -2.37. The van der Waals surface area contributed by atoms with Crippen molar-refractivity contribution < 1.29 is 13.2 Å². The van der Waals surface area contributed by atoms with Gasteiger partial charge < -0.3 is 4.74 Å². The summed E-state index contributed by atoms with van der Waals surface area (Å²) in [6.45, 7) is 6.23. The molecule has 30 heavy (non-hydrogen) atoms. The third-order valence-corrected chi connectivity index (χ3v) is 8.20. The van der Waals surface area contributed by atoms with E-state index in [9.17, 15) is 8.42 Å². The van der Waals surface area contributed by atoms with E-state index in [1.165, 1.54) is 0 Å². The molecule has 0 radical (unpaired) electrons. The Balaban J connectivity index is 2.23. The Bertz CT molecular complexity index is 946. The van der Waals surface area contributed by atoms with Gasteiger partial charge >= 0.3 is 0 Å². The summed E-state index contributed by atoms with van der Waals surface area (Å²) in [5, 5.41) is 3.86. The molecule has 164 valence electrons. The van der Waals surface area contributed by atoms with E-state index in [0.717, 1.165) is 61.0 Å². The first-order chi connectivity index (χ1) is 14.4. The molecule has 1 heterocycles. The summed E-state index contributed by atoms with van der Waals surface area (Å²) in [5.41, 5.74) is 2.28. The van der Waals surface area contributed by atoms with Crippen LogP contribution in [-0.4, -0.2) is 26.8 Å². The van der Waals surface area contributed by atoms with Gasteiger partial charge in [0.25, 0.3) is 0 Å². The van der Waals surface area contributed by atoms with Crippen LogP contribution in [0.15, 0.2) is 47.4 Å². The highest BCUT2D eigenvalue weighted by atomic mass is 32.2. The number of aryl methyl sites for hydroxylation is 1. The van der Waals surface area contributed by atoms with E-state index in [2.05, 4.69) is 31.3 Å². The highest BCUT2D eigenvalue weighted by molar-refractivity contribution is 7.91. The first-order valence-electron chi connectivity index (χ1n) is 11.1. The molecule has 0 saturated carbocycles. The normalized spacial score (nSPS) is 19.7. The Labute approximate surface area is 182 Å². The number of rotatable bonds is 8. The number of sulfone groups is 1. The van der Waals surface area contributed by atoms with Gasteiger partial charge in [-0.15, -0.1) is 0 Å². The lowest BCUT2D eigenvalue weighted by molar-refractivity contribution is 0.278. The van der Waals surface area contributed by atoms with Crippen molar-refractivity contribution in [1.82, 2.24) is 5.32 Å². The van der Waals surface area contributed by atoms with Gasteiger partial charge in [-0.1, -0.05) is 69.9 Å². The number of unbranched alkanes of at least 4 members (excludes halogenated alkanes) is 2. The molecule has 3 rings (SSSR count). The van der Waals surface area contributed by atoms with Crippen molar-refractivity contribution in [2.24, 2.45) is 0 Å². The summed E-state index contributed by atoms with van der Waals surface area (Å²) < 4.78 is 32.9. The quantitative estimate of drug-likeness (QED) is 0.594. The summed E-state index contributed by atoms with van der Waals surface area (Å²) in [6.07, 6.45) is 5.82. The molecule has 4 nitrogen and oxygen atoms in total. The average molecular weight is 430 g/mol. The lowest BCUT2D eigenvalue weighted by atomic mass is 9.86. The summed E-state index contributed by atoms with van der Waals surface area (Å²) in [4.78, 5) is 0.442. The SMILES string of the molecule is CCCCC1(CCCC)CS(=O)(=O)c2cc(C)c(OC)cc2C(c2ccccc2)N1. The van der Waals surface area contributed by atoms with E-state index in [1.54, 1.807) is 13.2 Å². The molecule has 0 saturated heterocycles. The molecule has 0 spiro atoms. The fourth-order valence-corrected chi connectivity index (χ4v) is 6.76. The van der Waals surface area contributed by atoms with Crippen molar-refractivity contribution in [3.63, 3.8) is 0 Å². The summed E-state index contributed by atoms with van der Waals surface area (Å²) >= 11 is 0. The van der Waals surface area contributed by atoms with Gasteiger partial charge in [-0.25, -0.2) is 8.42 Å². The molecule has 1 N–H and O–H groups in total. The molecule has 0 aromatic heterocycles. The maximum atomic E-state index is 13.7. The number of nitrogens with one attached hydrogen (secondary N) is 1. The number of benzene rings is 2. The third-order valence-electron chi connectivity index (χ3n) is 6.24. The van der Waals surface area contributed by atoms with E-state index in [1.807, 2.05) is 31.2 Å². The van der Waals surface area contributed by atoms with Gasteiger partial charge in [-0.05, 0) is 48.6 Å². The van der Waals surface area contributed by atoms with Crippen LogP contribution in [-0.2, 0) is 9.84 Å². The van der Waals surface area contributed by atoms with Crippen molar-refractivity contribution >= 4 is 9.84 Å². The first-order valence-corrected chi connectivity index (χ1v) is 12.7. The standard InChI is InChI=1S/C25H35NO3S/c1-5-7-14-25(15-8-6-2)18-30(27,28)23-16-19(3)22(29-4)17-21(23)24(26-25)20-12-10-9-11-13-20/h9-13,16-17,24,26H,5-8,14-15,18H2,1-4H3. The third kappa shape index (κ3) is 4.73. The molecular weight excluding hydrogens is 394 g/mol. The molecule has 0 bridgehead atoms. The van der Waals surface area contributed by atoms with Crippen LogP contribution in [0.25, 0.3) is 0 Å². The number of hydrogen-bond donors (Lipinski definition) is 1. The lowest BCUT2D eigenvalue weighted by Crippen LogP contribution is -2.50. The molecule has 2 aromatic carbocycles. The molecule has 2 aromatic rings. The van der Waals surface area contributed by atoms with Crippen LogP contribution in [0.2, 0.25) is 0 Å². The number of hydrogen-bond acceptors (Lipinski definition) is 4. The minimum absolute atomic E-state index is 0.141. The van der Waals surface area contributed by atoms with Crippen molar-refractivity contribution in [2.75, 3.05) is 12.9 Å². The zero-order chi connectivity index (χ0) is 21.8. The molecule has 1 atom stereocenters. The van der Waals surface area contributed by atoms with Crippen molar-refractivity contribution in [2.45, 2.75) is 75.8 Å². The molecule has 0 fully saturated rings. The average Bonchev–Trinajstić information content (AvgIpc) is 2.83. The Kier molecular flexibility index (Phi) is 7.25. The van der Waals surface area contributed by atoms with Gasteiger partial charge in [0.2, 0.25) is 0 Å². The van der Waals surface area contributed by atoms with Crippen LogP contribution >= 0.6 is 0 Å². The smallest absolute Gasteiger partial charge is 0.180 e. The molecular formula is C25H35NO3S. The van der Waals surface area contributed by atoms with E-state index >= 15 is 0 Å². The molecule has 1 aliphatic heterocycles. The van der Waals surface area contributed by atoms with Crippen LogP contribution in [0.3, 0.4) is 0 Å². The van der Waals surface area contributed by atoms with Crippen LogP contribution in [0.4, 0.5) is 0 Å². The van der Waals surface area contributed by atoms with E-state index < -0.39 is 15.4 Å². The number of methoxy groups -OCH3 is 1. The second kappa shape index (κ2) is 9.52. The second-order valence-corrected chi connectivity index (χ2v) is 10.6. The van der Waals surface area contributed by atoms with Gasteiger partial charge in [0.1, 0.15) is 5.75 Å². The van der Waals surface area contributed by atoms with E-state index in [4.69, 9.17) is 4.74 Å². The molecule has 0 aliphatic carbocycles. The zero-order valence-electron chi connectivity index (χ0n) is 18.7. The maximum Gasteiger partial charge on any atom is 0.180 e. The number of ether oxygens (including phenoxy) is 1. The van der Waals surface area contributed by atoms with E-state index in [-0.39, 0.29) is 11.8 Å². The van der Waals surface area contributed by atoms with Crippen molar-refractivity contribution in [3.05, 3.63) is 59.2 Å². The highest BCUT2D eigenvalue weighted by Crippen LogP contribution is 2.41. The minimum atomic E-state index is -3.45. The van der Waals surface area contributed by atoms with Gasteiger partial charge in [0.05, 0.1) is 23.8 Å². The Morgan fingerprint density at radius 2 is 1.70 bits per heavy atom. The fourth-order valence-electron chi connectivity index (χ4n) is 4.61. The van der Waals surface area contributed by atoms with E-state index in [0.29, 0.717) is 4.90 Å². The van der Waals surface area contributed by atoms with Gasteiger partial charge in [-0.2, -0.15) is 0 Å². The van der Waals surface area contributed by atoms with Crippen LogP contribution in [0.1, 0.15) is 75.1 Å². The Hall–Kier alpha value is -1.85. The maximum absolute atomic E-state index is 13.7. The summed E-state index contributed by atoms with van der Waals surface area (Å²) in [6, 6.07) is 13.7. The largest absolute Gasteiger partial charge is 0.496 e. The predicted molar refractivity (Wildman–Crippen MR) is 123 cm³/mol. The Morgan fingerprint density at radius 3 is 2.27 bits per heavy atom. The van der Waals surface area contributed by atoms with Gasteiger partial charge in [0.15, 0.2) is 9.84 Å². The molecule has 5 heteroatoms. The second-order valence-electron chi connectivity index (χ2n) is 8.59. The Morgan fingerprint density at radius 1 is 1.07 bits per heavy atom. The van der Waals surface area contributed by atoms with Crippen molar-refractivity contribution in [3.8, 4) is 5.75 Å². The molecule has 1 unspecified atom stereocenters. The zero-order valence-corrected chi connectivity index (χ0v) is 19.5. The van der Waals surface area contributed by atoms with Crippen molar-refractivity contribution in [1.29, 1.82) is 0 Å². The highest BCUT2D eigenvalue weighted by Gasteiger charge is 2.42. The predicted octanol–water partition coefficient (Wildman–Crippen LogP) is 5.59.